The van der Waals surface area contributed by atoms with Crippen LogP contribution in [-0.4, -0.2) is 90.6 Å². The van der Waals surface area contributed by atoms with E-state index in [1.54, 1.807) is 36.4 Å². The molecule has 40 heavy (non-hydrogen) atoms. The van der Waals surface area contributed by atoms with Crippen molar-refractivity contribution >= 4 is 34.8 Å². The van der Waals surface area contributed by atoms with E-state index in [1.165, 1.54) is 28.4 Å². The van der Waals surface area contributed by atoms with Gasteiger partial charge in [-0.2, -0.15) is 0 Å². The maximum absolute atomic E-state index is 13.5. The molecule has 1 aliphatic rings. The molecule has 0 spiro atoms. The Morgan fingerprint density at radius 2 is 1.00 bits per heavy atom. The second kappa shape index (κ2) is 15.1. The van der Waals surface area contributed by atoms with Gasteiger partial charge in [-0.3, -0.25) is 19.2 Å². The molecule has 0 saturated carbocycles. The molecule has 12 nitrogen and oxygen atoms in total. The number of hydrogen-bond acceptors (Lipinski definition) is 10. The highest BCUT2D eigenvalue weighted by molar-refractivity contribution is 6.31. The summed E-state index contributed by atoms with van der Waals surface area (Å²) in [5.74, 6) is -1.04. The Morgan fingerprint density at radius 3 is 1.35 bits per heavy atom. The molecule has 0 fully saturated rings. The molecule has 0 bridgehead atoms. The summed E-state index contributed by atoms with van der Waals surface area (Å²) in [6.07, 6.45) is -1.17. The summed E-state index contributed by atoms with van der Waals surface area (Å²) < 4.78 is 20.1. The molecule has 1 aliphatic carbocycles. The van der Waals surface area contributed by atoms with E-state index < -0.39 is 12.6 Å². The number of benzene rings is 2. The molecule has 3 rings (SSSR count). The fourth-order valence-electron chi connectivity index (χ4n) is 4.29. The molecule has 2 aromatic rings. The summed E-state index contributed by atoms with van der Waals surface area (Å²) in [6.45, 7) is 1.18. The Labute approximate surface area is 233 Å². The van der Waals surface area contributed by atoms with E-state index in [4.69, 9.17) is 18.9 Å². The summed E-state index contributed by atoms with van der Waals surface area (Å²) in [7, 11) is 5.82. The Bertz CT molecular complexity index is 1120. The highest BCUT2D eigenvalue weighted by atomic mass is 16.7. The normalized spacial score (nSPS) is 12.2. The molecule has 12 heteroatoms. The number of carbonyl (C=O) groups is 4. The molecule has 0 atom stereocenters. The molecule has 0 aliphatic heterocycles. The Balaban J connectivity index is 1.71. The lowest BCUT2D eigenvalue weighted by Crippen LogP contribution is -2.33. The Kier molecular flexibility index (Phi) is 11.6. The van der Waals surface area contributed by atoms with E-state index in [9.17, 15) is 19.2 Å². The topological polar surface area (TPSA) is 153 Å². The van der Waals surface area contributed by atoms with Crippen LogP contribution in [0.15, 0.2) is 36.4 Å². The summed E-state index contributed by atoms with van der Waals surface area (Å²) in [5, 5.41) is 11.9. The minimum Gasteiger partial charge on any atom is -0.383 e. The quantitative estimate of drug-likeness (QED) is 0.151. The van der Waals surface area contributed by atoms with E-state index in [-0.39, 0.29) is 60.4 Å². The standard InChI is InChI=1S/C28H36N4O8/c1-37-23(38-2)15-21(33)31-13-11-29-19-9-10-20(30-12-14-32-22(34)16-24(39-3)40-4)26-25(19)27(35)17-7-5-6-8-18(17)28(26)36/h5-10,23-24,29-30H,11-16H2,1-4H3,(H,31,33)(H,32,34). The molecule has 0 saturated heterocycles. The van der Waals surface area contributed by atoms with Gasteiger partial charge in [0.2, 0.25) is 11.8 Å². The average molecular weight is 557 g/mol. The van der Waals surface area contributed by atoms with Gasteiger partial charge in [0.1, 0.15) is 0 Å². The first kappa shape index (κ1) is 30.7. The third kappa shape index (κ3) is 7.63. The van der Waals surface area contributed by atoms with Gasteiger partial charge in [0.05, 0.1) is 24.0 Å². The lowest BCUT2D eigenvalue weighted by Gasteiger charge is -2.24. The van der Waals surface area contributed by atoms with Crippen LogP contribution >= 0.6 is 0 Å². The number of hydrogen-bond donors (Lipinski definition) is 4. The molecular weight excluding hydrogens is 520 g/mol. The van der Waals surface area contributed by atoms with Crippen molar-refractivity contribution < 1.29 is 38.1 Å². The van der Waals surface area contributed by atoms with Crippen molar-refractivity contribution in [1.82, 2.24) is 10.6 Å². The fraction of sp³-hybridized carbons (Fsp3) is 0.429. The predicted octanol–water partition coefficient (Wildman–Crippen LogP) is 1.54. The second-order valence-corrected chi connectivity index (χ2v) is 8.88. The van der Waals surface area contributed by atoms with E-state index >= 15 is 0 Å². The maximum Gasteiger partial charge on any atom is 0.225 e. The van der Waals surface area contributed by atoms with Crippen molar-refractivity contribution in [2.24, 2.45) is 0 Å². The lowest BCUT2D eigenvalue weighted by atomic mass is 9.82. The smallest absolute Gasteiger partial charge is 0.225 e. The Hall–Kier alpha value is -3.84. The van der Waals surface area contributed by atoms with Gasteiger partial charge in [0, 0.05) is 77.1 Å². The van der Waals surface area contributed by atoms with Crippen LogP contribution in [0.2, 0.25) is 0 Å². The molecule has 2 aromatic carbocycles. The predicted molar refractivity (Wildman–Crippen MR) is 148 cm³/mol. The van der Waals surface area contributed by atoms with Gasteiger partial charge >= 0.3 is 0 Å². The van der Waals surface area contributed by atoms with Crippen LogP contribution < -0.4 is 21.3 Å². The van der Waals surface area contributed by atoms with Crippen LogP contribution in [0.4, 0.5) is 11.4 Å². The number of nitrogens with one attached hydrogen (secondary N) is 4. The van der Waals surface area contributed by atoms with E-state index in [0.717, 1.165) is 0 Å². The zero-order chi connectivity index (χ0) is 29.1. The number of ketones is 2. The number of anilines is 2. The number of fused-ring (bicyclic) bond motifs is 2. The SMILES string of the molecule is COC(CC(=O)NCCNc1ccc(NCCNC(=O)CC(OC)OC)c2c1C(=O)c1ccccc1C2=O)OC. The number of ether oxygens (including phenoxy) is 4. The van der Waals surface area contributed by atoms with E-state index in [0.29, 0.717) is 35.6 Å². The van der Waals surface area contributed by atoms with Crippen LogP contribution in [-0.2, 0) is 28.5 Å². The molecule has 0 aromatic heterocycles. The van der Waals surface area contributed by atoms with Gasteiger partial charge < -0.3 is 40.2 Å². The monoisotopic (exact) mass is 556 g/mol. The molecule has 2 amide bonds. The third-order valence-electron chi connectivity index (χ3n) is 6.36. The van der Waals surface area contributed by atoms with Gasteiger partial charge in [0.15, 0.2) is 24.1 Å². The third-order valence-corrected chi connectivity index (χ3v) is 6.36. The van der Waals surface area contributed by atoms with Gasteiger partial charge in [-0.1, -0.05) is 24.3 Å². The summed E-state index contributed by atoms with van der Waals surface area (Å²) >= 11 is 0. The first-order chi connectivity index (χ1) is 19.3. The van der Waals surface area contributed by atoms with Gasteiger partial charge in [-0.05, 0) is 12.1 Å². The maximum atomic E-state index is 13.5. The molecule has 216 valence electrons. The number of carbonyl (C=O) groups excluding carboxylic acids is 4. The summed E-state index contributed by atoms with van der Waals surface area (Å²) in [4.78, 5) is 51.3. The molecule has 0 unspecified atom stereocenters. The molecule has 4 N–H and O–H groups in total. The van der Waals surface area contributed by atoms with Crippen molar-refractivity contribution in [2.45, 2.75) is 25.4 Å². The molecular formula is C28H36N4O8. The number of methoxy groups -OCH3 is 4. The van der Waals surface area contributed by atoms with Crippen molar-refractivity contribution in [3.8, 4) is 0 Å². The number of amides is 2. The van der Waals surface area contributed by atoms with Crippen LogP contribution in [0.5, 0.6) is 0 Å². The lowest BCUT2D eigenvalue weighted by molar-refractivity contribution is -0.140. The van der Waals surface area contributed by atoms with Crippen LogP contribution in [0.25, 0.3) is 0 Å². The largest absolute Gasteiger partial charge is 0.383 e. The van der Waals surface area contributed by atoms with Crippen molar-refractivity contribution in [3.05, 3.63) is 58.7 Å². The van der Waals surface area contributed by atoms with Gasteiger partial charge in [0.25, 0.3) is 0 Å². The molecule has 0 heterocycles. The van der Waals surface area contributed by atoms with Crippen LogP contribution in [0.3, 0.4) is 0 Å². The minimum absolute atomic E-state index is 0.0480. The van der Waals surface area contributed by atoms with E-state index in [2.05, 4.69) is 21.3 Å². The van der Waals surface area contributed by atoms with Crippen LogP contribution in [0, 0.1) is 0 Å². The summed E-state index contributed by atoms with van der Waals surface area (Å²) in [6, 6.07) is 10.1. The van der Waals surface area contributed by atoms with Gasteiger partial charge in [-0.25, -0.2) is 0 Å². The second-order valence-electron chi connectivity index (χ2n) is 8.88. The minimum atomic E-state index is -0.635. The summed E-state index contributed by atoms with van der Waals surface area (Å²) in [5.41, 5.74) is 2.13. The van der Waals surface area contributed by atoms with E-state index in [1.807, 2.05) is 0 Å². The highest BCUT2D eigenvalue weighted by Crippen LogP contribution is 2.36. The number of rotatable bonds is 16. The van der Waals surface area contributed by atoms with Crippen molar-refractivity contribution in [2.75, 3.05) is 65.3 Å². The first-order valence-electron chi connectivity index (χ1n) is 12.8. The van der Waals surface area contributed by atoms with Crippen molar-refractivity contribution in [3.63, 3.8) is 0 Å². The zero-order valence-corrected chi connectivity index (χ0v) is 23.1. The van der Waals surface area contributed by atoms with Crippen LogP contribution in [0.1, 0.15) is 44.7 Å². The van der Waals surface area contributed by atoms with Gasteiger partial charge in [-0.15, -0.1) is 0 Å². The van der Waals surface area contributed by atoms with Crippen molar-refractivity contribution in [1.29, 1.82) is 0 Å². The highest BCUT2D eigenvalue weighted by Gasteiger charge is 2.33. The molecule has 0 radical (unpaired) electrons. The Morgan fingerprint density at radius 1 is 0.625 bits per heavy atom. The fourth-order valence-corrected chi connectivity index (χ4v) is 4.29. The average Bonchev–Trinajstić information content (AvgIpc) is 2.97. The first-order valence-corrected chi connectivity index (χ1v) is 12.8. The zero-order valence-electron chi connectivity index (χ0n) is 23.1.